The van der Waals surface area contributed by atoms with Gasteiger partial charge in [-0.25, -0.2) is 4.52 Å². The molecule has 0 atom stereocenters. The number of furan rings is 1. The molecule has 5 heteroatoms. The lowest BCUT2D eigenvalue weighted by atomic mass is 9.63. The molecule has 1 aliphatic rings. The number of rotatable bonds is 1. The highest BCUT2D eigenvalue weighted by Crippen LogP contribution is 2.46. The number of nitrogens with zero attached hydrogens (tertiary/aromatic N) is 2. The van der Waals surface area contributed by atoms with Crippen molar-refractivity contribution in [1.82, 2.24) is 9.03 Å². The van der Waals surface area contributed by atoms with Crippen molar-refractivity contribution in [2.45, 2.75) is 51.4 Å². The molecule has 3 aromatic heterocycles. The van der Waals surface area contributed by atoms with E-state index in [4.69, 9.17) is 4.42 Å². The molecular weight excluding hydrogens is 436 g/mol. The molecule has 7 rings (SSSR count). The third-order valence-corrected chi connectivity index (χ3v) is 8.20. The van der Waals surface area contributed by atoms with Crippen molar-refractivity contribution in [2.24, 2.45) is 0 Å². The molecule has 0 spiro atoms. The van der Waals surface area contributed by atoms with Gasteiger partial charge >= 0.3 is 5.56 Å². The maximum Gasteiger partial charge on any atom is 0.318 e. The summed E-state index contributed by atoms with van der Waals surface area (Å²) in [7, 11) is 0. The van der Waals surface area contributed by atoms with Gasteiger partial charge in [0.2, 0.25) is 5.58 Å². The molecule has 0 aliphatic heterocycles. The molecule has 0 bridgehead atoms. The fraction of sp³-hybridized carbons (Fsp3) is 0.267. The molecule has 0 saturated carbocycles. The summed E-state index contributed by atoms with van der Waals surface area (Å²) in [5.41, 5.74) is 6.68. The van der Waals surface area contributed by atoms with Crippen molar-refractivity contribution in [1.29, 1.82) is 0 Å². The van der Waals surface area contributed by atoms with Gasteiger partial charge in [0.15, 0.2) is 0 Å². The predicted molar refractivity (Wildman–Crippen MR) is 140 cm³/mol. The van der Waals surface area contributed by atoms with Crippen molar-refractivity contribution < 1.29 is 4.42 Å². The van der Waals surface area contributed by atoms with Crippen molar-refractivity contribution in [3.8, 4) is 11.1 Å². The Hall–Kier alpha value is -3.86. The third kappa shape index (κ3) is 2.58. The zero-order valence-electron chi connectivity index (χ0n) is 20.3. The number of hydrogen-bond donors (Lipinski definition) is 0. The van der Waals surface area contributed by atoms with Crippen molar-refractivity contribution >= 4 is 33.0 Å². The van der Waals surface area contributed by atoms with Crippen molar-refractivity contribution in [3.63, 3.8) is 0 Å². The van der Waals surface area contributed by atoms with Gasteiger partial charge in [-0.05, 0) is 70.2 Å². The first kappa shape index (κ1) is 20.5. The van der Waals surface area contributed by atoms with Crippen LogP contribution >= 0.6 is 0 Å². The van der Waals surface area contributed by atoms with Crippen LogP contribution in [0.15, 0.2) is 74.7 Å². The quantitative estimate of drug-likeness (QED) is 0.290. The number of para-hydroxylation sites is 1. The summed E-state index contributed by atoms with van der Waals surface area (Å²) in [6.07, 6.45) is 2.32. The molecule has 6 aromatic rings. The van der Waals surface area contributed by atoms with E-state index in [2.05, 4.69) is 45.9 Å². The largest absolute Gasteiger partial charge is 0.448 e. The molecule has 0 amide bonds. The van der Waals surface area contributed by atoms with Crippen molar-refractivity contribution in [2.75, 3.05) is 0 Å². The van der Waals surface area contributed by atoms with Crippen LogP contribution < -0.4 is 11.1 Å². The number of fused-ring (bicyclic) bond motifs is 8. The van der Waals surface area contributed by atoms with Crippen LogP contribution in [0.3, 0.4) is 0 Å². The maximum atomic E-state index is 13.2. The fourth-order valence-corrected chi connectivity index (χ4v) is 6.03. The van der Waals surface area contributed by atoms with Gasteiger partial charge in [-0.1, -0.05) is 64.1 Å². The van der Waals surface area contributed by atoms with E-state index in [0.29, 0.717) is 22.0 Å². The molecule has 1 aliphatic carbocycles. The smallest absolute Gasteiger partial charge is 0.318 e. The maximum absolute atomic E-state index is 13.2. The first-order chi connectivity index (χ1) is 16.7. The molecule has 174 valence electrons. The van der Waals surface area contributed by atoms with Crippen LogP contribution in [0.2, 0.25) is 0 Å². The van der Waals surface area contributed by atoms with Gasteiger partial charge in [0.05, 0.1) is 10.9 Å². The first-order valence-electron chi connectivity index (χ1n) is 12.2. The molecule has 0 radical (unpaired) electrons. The molecule has 3 aromatic carbocycles. The highest BCUT2D eigenvalue weighted by molar-refractivity contribution is 6.04. The summed E-state index contributed by atoms with van der Waals surface area (Å²) >= 11 is 0. The Balaban J connectivity index is 1.53. The van der Waals surface area contributed by atoms with E-state index in [9.17, 15) is 9.59 Å². The molecule has 0 N–H and O–H groups in total. The average Bonchev–Trinajstić information content (AvgIpc) is 3.45. The van der Waals surface area contributed by atoms with E-state index < -0.39 is 5.56 Å². The minimum atomic E-state index is -0.420. The monoisotopic (exact) mass is 462 g/mol. The summed E-state index contributed by atoms with van der Waals surface area (Å²) in [5, 5.41) is 1.35. The van der Waals surface area contributed by atoms with Crippen LogP contribution in [0.4, 0.5) is 0 Å². The van der Waals surface area contributed by atoms with Gasteiger partial charge in [0.1, 0.15) is 11.1 Å². The average molecular weight is 463 g/mol. The highest BCUT2D eigenvalue weighted by atomic mass is 16.3. The summed E-state index contributed by atoms with van der Waals surface area (Å²) in [6, 6.07) is 20.2. The number of aromatic nitrogens is 2. The molecule has 0 saturated heterocycles. The molecular formula is C30H26N2O3. The van der Waals surface area contributed by atoms with E-state index >= 15 is 0 Å². The normalized spacial score (nSPS) is 17.0. The van der Waals surface area contributed by atoms with Crippen LogP contribution in [-0.4, -0.2) is 9.03 Å². The fourth-order valence-electron chi connectivity index (χ4n) is 6.03. The second-order valence-electron chi connectivity index (χ2n) is 11.3. The minimum absolute atomic E-state index is 0.107. The van der Waals surface area contributed by atoms with Gasteiger partial charge in [-0.3, -0.25) is 9.59 Å². The van der Waals surface area contributed by atoms with Gasteiger partial charge in [0.25, 0.3) is 5.56 Å². The molecule has 0 fully saturated rings. The number of hydrogen-bond acceptors (Lipinski definition) is 3. The lowest BCUT2D eigenvalue weighted by Crippen LogP contribution is -2.33. The van der Waals surface area contributed by atoms with Crippen LogP contribution in [0, 0.1) is 0 Å². The Morgan fingerprint density at radius 2 is 1.40 bits per heavy atom. The van der Waals surface area contributed by atoms with Gasteiger partial charge in [0, 0.05) is 5.39 Å². The zero-order chi connectivity index (χ0) is 24.3. The summed E-state index contributed by atoms with van der Waals surface area (Å²) in [5.74, 6) is 0. The third-order valence-electron chi connectivity index (χ3n) is 8.20. The SMILES string of the molecule is CC1(C)CCC(C)(C)c2cc(-c3ccc4c(=O)n5c(=O)c6oc7ccccc7c6n5c4c3)ccc21. The molecule has 5 nitrogen and oxygen atoms in total. The second kappa shape index (κ2) is 6.42. The van der Waals surface area contributed by atoms with Gasteiger partial charge in [-0.15, -0.1) is 0 Å². The van der Waals surface area contributed by atoms with E-state index in [1.165, 1.54) is 22.1 Å². The lowest BCUT2D eigenvalue weighted by Gasteiger charge is -2.42. The Morgan fingerprint density at radius 3 is 2.20 bits per heavy atom. The Kier molecular flexibility index (Phi) is 3.76. The Bertz CT molecular complexity index is 1950. The predicted octanol–water partition coefficient (Wildman–Crippen LogP) is 6.27. The van der Waals surface area contributed by atoms with Crippen LogP contribution in [0.25, 0.3) is 44.1 Å². The van der Waals surface area contributed by atoms with Crippen LogP contribution in [-0.2, 0) is 10.8 Å². The Labute approximate surface area is 201 Å². The van der Waals surface area contributed by atoms with Crippen LogP contribution in [0.5, 0.6) is 0 Å². The van der Waals surface area contributed by atoms with E-state index in [0.717, 1.165) is 22.9 Å². The molecule has 35 heavy (non-hydrogen) atoms. The first-order valence-corrected chi connectivity index (χ1v) is 12.2. The van der Waals surface area contributed by atoms with Gasteiger partial charge in [-0.2, -0.15) is 4.52 Å². The standard InChI is InChI=1S/C30H26N2O3/c1-29(2)13-14-30(3,4)22-15-17(10-12-21(22)29)18-9-11-19-23(16-18)31-25-20-7-5-6-8-24(20)35-26(25)28(34)32(31)27(19)33/h5-12,15-16H,13-14H2,1-4H3. The molecule has 0 unspecified atom stereocenters. The zero-order valence-corrected chi connectivity index (χ0v) is 20.3. The molecule has 3 heterocycles. The van der Waals surface area contributed by atoms with E-state index in [1.54, 1.807) is 4.52 Å². The van der Waals surface area contributed by atoms with Gasteiger partial charge < -0.3 is 4.42 Å². The topological polar surface area (TPSA) is 56.1 Å². The Morgan fingerprint density at radius 1 is 0.714 bits per heavy atom. The van der Waals surface area contributed by atoms with Crippen molar-refractivity contribution in [3.05, 3.63) is 92.5 Å². The van der Waals surface area contributed by atoms with E-state index in [1.807, 2.05) is 42.5 Å². The summed E-state index contributed by atoms with van der Waals surface area (Å²) in [4.78, 5) is 26.4. The minimum Gasteiger partial charge on any atom is -0.448 e. The second-order valence-corrected chi connectivity index (χ2v) is 11.3. The lowest BCUT2D eigenvalue weighted by molar-refractivity contribution is 0.332. The van der Waals surface area contributed by atoms with E-state index in [-0.39, 0.29) is 22.0 Å². The number of benzene rings is 3. The summed E-state index contributed by atoms with van der Waals surface area (Å²) < 4.78 is 8.79. The highest BCUT2D eigenvalue weighted by Gasteiger charge is 2.37. The van der Waals surface area contributed by atoms with Crippen LogP contribution in [0.1, 0.15) is 51.7 Å². The summed E-state index contributed by atoms with van der Waals surface area (Å²) in [6.45, 7) is 9.30.